The minimum Gasteiger partial charge on any atom is -0.469 e. The Morgan fingerprint density at radius 2 is 2.07 bits per heavy atom. The van der Waals surface area contributed by atoms with E-state index < -0.39 is 0 Å². The zero-order valence-corrected chi connectivity index (χ0v) is 18.7. The minimum atomic E-state index is -0.156. The van der Waals surface area contributed by atoms with E-state index in [-0.39, 0.29) is 11.9 Å². The number of esters is 1. The smallest absolute Gasteiger partial charge is 0.313 e. The number of thioether (sulfide) groups is 2. The Balaban J connectivity index is 1.84. The van der Waals surface area contributed by atoms with Crippen molar-refractivity contribution >= 4 is 40.4 Å². The molecule has 1 aliphatic heterocycles. The van der Waals surface area contributed by atoms with Crippen molar-refractivity contribution < 1.29 is 9.53 Å². The van der Waals surface area contributed by atoms with Crippen LogP contribution in [0, 0.1) is 11.8 Å². The van der Waals surface area contributed by atoms with Gasteiger partial charge in [-0.15, -0.1) is 23.5 Å². The molecular weight excluding hydrogens is 388 g/mol. The fraction of sp³-hybridized carbons (Fsp3) is 0.591. The van der Waals surface area contributed by atoms with Crippen molar-refractivity contribution in [3.05, 3.63) is 35.5 Å². The minimum absolute atomic E-state index is 0.0764. The van der Waals surface area contributed by atoms with Gasteiger partial charge in [0.05, 0.1) is 23.7 Å². The number of fused-ring (bicyclic) bond motifs is 6. The highest BCUT2D eigenvalue weighted by Crippen LogP contribution is 2.53. The van der Waals surface area contributed by atoms with Crippen LogP contribution in [-0.4, -0.2) is 53.1 Å². The maximum absolute atomic E-state index is 12.9. The summed E-state index contributed by atoms with van der Waals surface area (Å²) >= 11 is 3.87. The van der Waals surface area contributed by atoms with Crippen molar-refractivity contribution in [2.75, 3.05) is 32.7 Å². The number of rotatable bonds is 6. The van der Waals surface area contributed by atoms with Gasteiger partial charge in [-0.3, -0.25) is 9.69 Å². The first-order valence-electron chi connectivity index (χ1n) is 10.1. The summed E-state index contributed by atoms with van der Waals surface area (Å²) in [5, 5.41) is 1.19. The van der Waals surface area contributed by atoms with Crippen LogP contribution in [0.3, 0.4) is 0 Å². The zero-order chi connectivity index (χ0) is 19.8. The Kier molecular flexibility index (Phi) is 6.00. The number of hydrogen-bond acceptors (Lipinski definition) is 5. The second kappa shape index (κ2) is 8.33. The SMILES string of the molecule is CC[C@H]1CN(CC(SC)SC)[C@@H]2C[C@H]1[C@@H](C(=O)OC)c1c2[nH]c2ccccc12. The first kappa shape index (κ1) is 20.2. The summed E-state index contributed by atoms with van der Waals surface area (Å²) in [5.41, 5.74) is 3.56. The molecule has 0 amide bonds. The van der Waals surface area contributed by atoms with Crippen LogP contribution in [0.2, 0.25) is 0 Å². The molecule has 2 aliphatic rings. The molecule has 4 rings (SSSR count). The molecule has 1 fully saturated rings. The van der Waals surface area contributed by atoms with E-state index in [0.29, 0.717) is 22.5 Å². The molecule has 0 saturated carbocycles. The number of piperidine rings is 1. The van der Waals surface area contributed by atoms with Crippen molar-refractivity contribution in [1.29, 1.82) is 0 Å². The zero-order valence-electron chi connectivity index (χ0n) is 17.1. The quantitative estimate of drug-likeness (QED) is 0.535. The van der Waals surface area contributed by atoms with Crippen molar-refractivity contribution in [3.8, 4) is 0 Å². The molecule has 152 valence electrons. The standard InChI is InChI=1S/C22H30N2O2S2/c1-5-13-11-24(12-18(27-3)28-4)17-10-15(13)20(22(25)26-2)19-14-8-6-7-9-16(14)23-21(17)19/h6-9,13,15,17-18,20,23H,5,10-12H2,1-4H3/t13-,15+,17+,20+/m0/s1. The van der Waals surface area contributed by atoms with E-state index in [2.05, 4.69) is 53.6 Å². The van der Waals surface area contributed by atoms with Crippen LogP contribution >= 0.6 is 23.5 Å². The summed E-state index contributed by atoms with van der Waals surface area (Å²) in [5.74, 6) is 0.641. The number of benzene rings is 1. The normalized spacial score (nSPS) is 27.2. The van der Waals surface area contributed by atoms with E-state index in [1.165, 1.54) is 23.8 Å². The first-order valence-corrected chi connectivity index (χ1v) is 12.7. The Morgan fingerprint density at radius 3 is 2.75 bits per heavy atom. The monoisotopic (exact) mass is 418 g/mol. The van der Waals surface area contributed by atoms with E-state index >= 15 is 0 Å². The number of carbonyl (C=O) groups is 1. The summed E-state index contributed by atoms with van der Waals surface area (Å²) in [4.78, 5) is 19.3. The number of aromatic nitrogens is 1. The molecule has 2 aromatic rings. The third kappa shape index (κ3) is 3.27. The lowest BCUT2D eigenvalue weighted by Gasteiger charge is -2.50. The molecule has 4 atom stereocenters. The Labute approximate surface area is 176 Å². The van der Waals surface area contributed by atoms with E-state index in [1.54, 1.807) is 0 Å². The van der Waals surface area contributed by atoms with Crippen LogP contribution in [0.5, 0.6) is 0 Å². The highest BCUT2D eigenvalue weighted by atomic mass is 32.2. The molecule has 1 aliphatic carbocycles. The lowest BCUT2D eigenvalue weighted by Crippen LogP contribution is -2.50. The van der Waals surface area contributed by atoms with Gasteiger partial charge in [0.2, 0.25) is 0 Å². The number of H-pyrrole nitrogens is 1. The molecule has 28 heavy (non-hydrogen) atoms. The molecule has 0 spiro atoms. The second-order valence-electron chi connectivity index (χ2n) is 7.94. The molecule has 0 radical (unpaired) electrons. The van der Waals surface area contributed by atoms with Gasteiger partial charge in [-0.25, -0.2) is 0 Å². The lowest BCUT2D eigenvalue weighted by molar-refractivity contribution is -0.146. The second-order valence-corrected chi connectivity index (χ2v) is 10.3. The molecule has 4 nitrogen and oxygen atoms in total. The van der Waals surface area contributed by atoms with Crippen LogP contribution in [0.15, 0.2) is 24.3 Å². The van der Waals surface area contributed by atoms with E-state index in [1.807, 2.05) is 23.5 Å². The molecule has 2 bridgehead atoms. The largest absolute Gasteiger partial charge is 0.469 e. The molecule has 1 N–H and O–H groups in total. The van der Waals surface area contributed by atoms with Crippen molar-refractivity contribution in [3.63, 3.8) is 0 Å². The fourth-order valence-electron chi connectivity index (χ4n) is 5.36. The lowest BCUT2D eigenvalue weighted by atomic mass is 9.65. The third-order valence-corrected chi connectivity index (χ3v) is 9.25. The molecule has 2 heterocycles. The Morgan fingerprint density at radius 1 is 1.32 bits per heavy atom. The number of hydrogen-bond donors (Lipinski definition) is 1. The van der Waals surface area contributed by atoms with Crippen molar-refractivity contribution in [2.45, 2.75) is 36.3 Å². The number of likely N-dealkylation sites (tertiary alicyclic amines) is 1. The molecule has 1 aromatic carbocycles. The number of para-hydroxylation sites is 1. The average Bonchev–Trinajstić information content (AvgIpc) is 3.12. The molecule has 0 unspecified atom stereocenters. The van der Waals surface area contributed by atoms with Crippen LogP contribution in [0.4, 0.5) is 0 Å². The van der Waals surface area contributed by atoms with Crippen LogP contribution in [0.1, 0.15) is 43.0 Å². The maximum atomic E-state index is 12.9. The first-order chi connectivity index (χ1) is 13.6. The summed E-state index contributed by atoms with van der Waals surface area (Å²) in [6.45, 7) is 4.41. The van der Waals surface area contributed by atoms with Crippen LogP contribution in [0.25, 0.3) is 10.9 Å². The number of ether oxygens (including phenoxy) is 1. The number of nitrogens with one attached hydrogen (secondary N) is 1. The molecule has 6 heteroatoms. The van der Waals surface area contributed by atoms with Gasteiger partial charge < -0.3 is 9.72 Å². The number of aromatic amines is 1. The average molecular weight is 419 g/mol. The topological polar surface area (TPSA) is 45.3 Å². The Bertz CT molecular complexity index is 848. The summed E-state index contributed by atoms with van der Waals surface area (Å²) < 4.78 is 5.87. The number of carbonyl (C=O) groups excluding carboxylic acids is 1. The summed E-state index contributed by atoms with van der Waals surface area (Å²) in [7, 11) is 1.53. The van der Waals surface area contributed by atoms with Crippen molar-refractivity contribution in [2.24, 2.45) is 11.8 Å². The van der Waals surface area contributed by atoms with Gasteiger partial charge in [-0.1, -0.05) is 31.5 Å². The highest BCUT2D eigenvalue weighted by Gasteiger charge is 2.49. The number of methoxy groups -OCH3 is 1. The molecule has 1 saturated heterocycles. The molecular formula is C22H30N2O2S2. The Hall–Kier alpha value is -1.11. The predicted molar refractivity (Wildman–Crippen MR) is 120 cm³/mol. The predicted octanol–water partition coefficient (Wildman–Crippen LogP) is 4.88. The molecule has 1 aromatic heterocycles. The maximum Gasteiger partial charge on any atom is 0.313 e. The van der Waals surface area contributed by atoms with Crippen LogP contribution in [-0.2, 0) is 9.53 Å². The van der Waals surface area contributed by atoms with Gasteiger partial charge in [0.1, 0.15) is 0 Å². The van der Waals surface area contributed by atoms with Gasteiger partial charge in [0.15, 0.2) is 0 Å². The third-order valence-electron chi connectivity index (χ3n) is 6.75. The van der Waals surface area contributed by atoms with E-state index in [0.717, 1.165) is 31.4 Å². The van der Waals surface area contributed by atoms with Gasteiger partial charge in [-0.2, -0.15) is 0 Å². The number of nitrogens with zero attached hydrogens (tertiary/aromatic N) is 1. The van der Waals surface area contributed by atoms with Gasteiger partial charge >= 0.3 is 5.97 Å². The highest BCUT2D eigenvalue weighted by molar-refractivity contribution is 8.16. The van der Waals surface area contributed by atoms with Crippen molar-refractivity contribution in [1.82, 2.24) is 9.88 Å². The van der Waals surface area contributed by atoms with Gasteiger partial charge in [0, 0.05) is 29.7 Å². The summed E-state index contributed by atoms with van der Waals surface area (Å²) in [6.07, 6.45) is 6.54. The summed E-state index contributed by atoms with van der Waals surface area (Å²) in [6, 6.07) is 8.77. The van der Waals surface area contributed by atoms with Gasteiger partial charge in [-0.05, 0) is 42.4 Å². The van der Waals surface area contributed by atoms with Gasteiger partial charge in [0.25, 0.3) is 0 Å². The fourth-order valence-corrected chi connectivity index (χ4v) is 6.81. The van der Waals surface area contributed by atoms with Crippen LogP contribution < -0.4 is 0 Å². The van der Waals surface area contributed by atoms with E-state index in [9.17, 15) is 4.79 Å². The van der Waals surface area contributed by atoms with E-state index in [4.69, 9.17) is 4.74 Å².